The minimum absolute atomic E-state index is 0.0650. The summed E-state index contributed by atoms with van der Waals surface area (Å²) in [6.45, 7) is 13.1. The van der Waals surface area contributed by atoms with E-state index in [0.717, 1.165) is 58.8 Å². The highest BCUT2D eigenvalue weighted by atomic mass is 16.5. The lowest BCUT2D eigenvalue weighted by Gasteiger charge is -2.47. The number of nitrogens with zero attached hydrogens (tertiary/aromatic N) is 1. The maximum Gasteiger partial charge on any atom is 0.0940 e. The molecule has 2 N–H and O–H groups in total. The van der Waals surface area contributed by atoms with Crippen LogP contribution >= 0.6 is 0 Å². The third-order valence-electron chi connectivity index (χ3n) is 4.62. The van der Waals surface area contributed by atoms with Crippen LogP contribution < -0.4 is 5.32 Å². The van der Waals surface area contributed by atoms with E-state index >= 15 is 0 Å². The smallest absolute Gasteiger partial charge is 0.0940 e. The van der Waals surface area contributed by atoms with Crippen LogP contribution in [-0.4, -0.2) is 74.3 Å². The minimum Gasteiger partial charge on any atom is -0.394 e. The predicted molar refractivity (Wildman–Crippen MR) is 83.5 cm³/mol. The molecular weight excluding hydrogens is 268 g/mol. The van der Waals surface area contributed by atoms with Gasteiger partial charge in [0.05, 0.1) is 18.3 Å². The highest BCUT2D eigenvalue weighted by Gasteiger charge is 2.39. The zero-order valence-corrected chi connectivity index (χ0v) is 13.9. The lowest BCUT2D eigenvalue weighted by molar-refractivity contribution is -0.157. The molecule has 2 aliphatic rings. The summed E-state index contributed by atoms with van der Waals surface area (Å²) in [4.78, 5) is 2.48. The molecule has 1 atom stereocenters. The quantitative estimate of drug-likeness (QED) is 0.762. The molecule has 0 saturated carbocycles. The van der Waals surface area contributed by atoms with Gasteiger partial charge in [-0.3, -0.25) is 4.90 Å². The fourth-order valence-corrected chi connectivity index (χ4v) is 3.69. The van der Waals surface area contributed by atoms with E-state index in [-0.39, 0.29) is 18.3 Å². The van der Waals surface area contributed by atoms with Gasteiger partial charge in [0.25, 0.3) is 0 Å². The summed E-state index contributed by atoms with van der Waals surface area (Å²) in [5.41, 5.74) is 0.109. The summed E-state index contributed by atoms with van der Waals surface area (Å²) in [6.07, 6.45) is 2.16. The summed E-state index contributed by atoms with van der Waals surface area (Å²) in [5.74, 6) is 0. The molecule has 2 heterocycles. The van der Waals surface area contributed by atoms with Gasteiger partial charge in [-0.1, -0.05) is 6.92 Å². The Morgan fingerprint density at radius 1 is 1.29 bits per heavy atom. The van der Waals surface area contributed by atoms with Gasteiger partial charge in [0.1, 0.15) is 0 Å². The molecule has 5 heteroatoms. The standard InChI is InChI=1S/C16H32N2O3/c1-4-17-11-16(5-7-20-8-6-16)13-18-9-14(10-19)21-15(2,3)12-18/h14,17,19H,4-13H2,1-3H3. The van der Waals surface area contributed by atoms with Crippen LogP contribution in [0.3, 0.4) is 0 Å². The average molecular weight is 300 g/mol. The van der Waals surface area contributed by atoms with Gasteiger partial charge in [-0.2, -0.15) is 0 Å². The van der Waals surface area contributed by atoms with Crippen LogP contribution in [0.4, 0.5) is 0 Å². The third kappa shape index (κ3) is 4.89. The van der Waals surface area contributed by atoms with Crippen LogP contribution in [0, 0.1) is 5.41 Å². The van der Waals surface area contributed by atoms with E-state index < -0.39 is 0 Å². The minimum atomic E-state index is -0.184. The SMILES string of the molecule is CCNCC1(CN2CC(CO)OC(C)(C)C2)CCOCC1. The molecule has 5 nitrogen and oxygen atoms in total. The highest BCUT2D eigenvalue weighted by Crippen LogP contribution is 2.33. The van der Waals surface area contributed by atoms with Crippen molar-refractivity contribution in [3.8, 4) is 0 Å². The highest BCUT2D eigenvalue weighted by molar-refractivity contribution is 4.91. The van der Waals surface area contributed by atoms with Gasteiger partial charge in [-0.15, -0.1) is 0 Å². The van der Waals surface area contributed by atoms with E-state index in [1.54, 1.807) is 0 Å². The molecule has 0 bridgehead atoms. The molecule has 0 aromatic heterocycles. The van der Waals surface area contributed by atoms with E-state index in [1.165, 1.54) is 0 Å². The van der Waals surface area contributed by atoms with E-state index in [4.69, 9.17) is 9.47 Å². The maximum absolute atomic E-state index is 9.47. The predicted octanol–water partition coefficient (Wildman–Crippen LogP) is 0.864. The second-order valence-corrected chi connectivity index (χ2v) is 7.24. The zero-order valence-electron chi connectivity index (χ0n) is 13.9. The van der Waals surface area contributed by atoms with Gasteiger partial charge in [0.15, 0.2) is 0 Å². The maximum atomic E-state index is 9.47. The Balaban J connectivity index is 2.01. The number of aliphatic hydroxyl groups excluding tert-OH is 1. The van der Waals surface area contributed by atoms with Gasteiger partial charge in [0, 0.05) is 39.4 Å². The van der Waals surface area contributed by atoms with Crippen molar-refractivity contribution in [2.45, 2.75) is 45.3 Å². The number of hydrogen-bond donors (Lipinski definition) is 2. The molecule has 124 valence electrons. The summed E-state index contributed by atoms with van der Waals surface area (Å²) < 4.78 is 11.5. The van der Waals surface area contributed by atoms with Gasteiger partial charge in [0.2, 0.25) is 0 Å². The van der Waals surface area contributed by atoms with E-state index in [1.807, 2.05) is 0 Å². The Morgan fingerprint density at radius 3 is 2.62 bits per heavy atom. The first-order valence-corrected chi connectivity index (χ1v) is 8.28. The third-order valence-corrected chi connectivity index (χ3v) is 4.62. The number of ether oxygens (including phenoxy) is 2. The summed E-state index contributed by atoms with van der Waals surface area (Å²) in [5, 5.41) is 13.0. The summed E-state index contributed by atoms with van der Waals surface area (Å²) in [6, 6.07) is 0. The first-order valence-electron chi connectivity index (χ1n) is 8.28. The molecule has 1 unspecified atom stereocenters. The van der Waals surface area contributed by atoms with E-state index in [0.29, 0.717) is 5.41 Å². The molecule has 21 heavy (non-hydrogen) atoms. The average Bonchev–Trinajstić information content (AvgIpc) is 2.44. The van der Waals surface area contributed by atoms with E-state index in [2.05, 4.69) is 31.0 Å². The van der Waals surface area contributed by atoms with Gasteiger partial charge in [-0.05, 0) is 38.6 Å². The van der Waals surface area contributed by atoms with Crippen molar-refractivity contribution in [2.24, 2.45) is 5.41 Å². The normalized spacial score (nSPS) is 29.4. The largest absolute Gasteiger partial charge is 0.394 e. The number of morpholine rings is 1. The van der Waals surface area contributed by atoms with Crippen molar-refractivity contribution in [2.75, 3.05) is 52.5 Å². The first-order chi connectivity index (χ1) is 9.99. The number of rotatable bonds is 6. The Bertz CT molecular complexity index is 317. The number of aliphatic hydroxyl groups is 1. The first kappa shape index (κ1) is 17.2. The van der Waals surface area contributed by atoms with Crippen LogP contribution in [0.25, 0.3) is 0 Å². The van der Waals surface area contributed by atoms with Crippen molar-refractivity contribution in [3.63, 3.8) is 0 Å². The fraction of sp³-hybridized carbons (Fsp3) is 1.00. The molecule has 0 aromatic rings. The van der Waals surface area contributed by atoms with Crippen LogP contribution in [-0.2, 0) is 9.47 Å². The van der Waals surface area contributed by atoms with Crippen molar-refractivity contribution >= 4 is 0 Å². The molecule has 2 aliphatic heterocycles. The fourth-order valence-electron chi connectivity index (χ4n) is 3.69. The lowest BCUT2D eigenvalue weighted by atomic mass is 9.79. The van der Waals surface area contributed by atoms with Gasteiger partial charge >= 0.3 is 0 Å². The molecule has 0 aliphatic carbocycles. The lowest BCUT2D eigenvalue weighted by Crippen LogP contribution is -2.57. The number of nitrogens with one attached hydrogen (secondary N) is 1. The molecule has 0 radical (unpaired) electrons. The Kier molecular flexibility index (Phi) is 6.03. The Labute approximate surface area is 129 Å². The van der Waals surface area contributed by atoms with Crippen molar-refractivity contribution in [3.05, 3.63) is 0 Å². The zero-order chi connectivity index (χ0) is 15.3. The van der Waals surface area contributed by atoms with Gasteiger partial charge in [-0.25, -0.2) is 0 Å². The van der Waals surface area contributed by atoms with E-state index in [9.17, 15) is 5.11 Å². The molecule has 2 saturated heterocycles. The van der Waals surface area contributed by atoms with Crippen LogP contribution in [0.2, 0.25) is 0 Å². The number of hydrogen-bond acceptors (Lipinski definition) is 5. The Hall–Kier alpha value is -0.200. The van der Waals surface area contributed by atoms with Crippen molar-refractivity contribution in [1.82, 2.24) is 10.2 Å². The molecule has 2 fully saturated rings. The monoisotopic (exact) mass is 300 g/mol. The van der Waals surface area contributed by atoms with Gasteiger partial charge < -0.3 is 19.9 Å². The van der Waals surface area contributed by atoms with Crippen molar-refractivity contribution in [1.29, 1.82) is 0 Å². The summed E-state index contributed by atoms with van der Waals surface area (Å²) in [7, 11) is 0. The summed E-state index contributed by atoms with van der Waals surface area (Å²) >= 11 is 0. The topological polar surface area (TPSA) is 54.0 Å². The Morgan fingerprint density at radius 2 is 2.00 bits per heavy atom. The van der Waals surface area contributed by atoms with Crippen LogP contribution in [0.1, 0.15) is 33.6 Å². The molecule has 0 amide bonds. The molecular formula is C16H32N2O3. The van der Waals surface area contributed by atoms with Crippen molar-refractivity contribution < 1.29 is 14.6 Å². The van der Waals surface area contributed by atoms with Crippen LogP contribution in [0.5, 0.6) is 0 Å². The second kappa shape index (κ2) is 7.38. The molecule has 0 aromatic carbocycles. The van der Waals surface area contributed by atoms with Crippen LogP contribution in [0.15, 0.2) is 0 Å². The second-order valence-electron chi connectivity index (χ2n) is 7.24. The molecule has 0 spiro atoms. The molecule has 2 rings (SSSR count).